The Balaban J connectivity index is 2.26. The van der Waals surface area contributed by atoms with Crippen LogP contribution in [0.4, 0.5) is 0 Å². The van der Waals surface area contributed by atoms with E-state index < -0.39 is 0 Å². The van der Waals surface area contributed by atoms with Crippen LogP contribution >= 0.6 is 20.7 Å². The Labute approximate surface area is 74.1 Å². The summed E-state index contributed by atoms with van der Waals surface area (Å²) in [6.45, 7) is 4.62. The first-order valence-electron chi connectivity index (χ1n) is 4.22. The van der Waals surface area contributed by atoms with E-state index in [-0.39, 0.29) is 0 Å². The zero-order chi connectivity index (χ0) is 7.40. The Morgan fingerprint density at radius 2 is 1.80 bits per heavy atom. The van der Waals surface area contributed by atoms with E-state index in [1.165, 1.54) is 25.7 Å². The summed E-state index contributed by atoms with van der Waals surface area (Å²) in [5, 5.41) is 0. The largest absolute Gasteiger partial charge is 0.124 e. The smallest absolute Gasteiger partial charge is 0.00594 e. The number of alkyl halides is 1. The molecule has 0 saturated heterocycles. The number of rotatable bonds is 1. The van der Waals surface area contributed by atoms with E-state index in [4.69, 9.17) is 0 Å². The fraction of sp³-hybridized carbons (Fsp3) is 0.889. The number of hydrogen-bond acceptors (Lipinski definition) is 0. The molecule has 0 nitrogen and oxygen atoms in total. The first-order chi connectivity index (χ1) is 4.83. The van der Waals surface area contributed by atoms with Crippen LogP contribution in [0, 0.1) is 5.92 Å². The highest BCUT2D eigenvalue weighted by Gasteiger charge is 2.15. The van der Waals surface area contributed by atoms with Crippen molar-refractivity contribution in [2.75, 3.05) is 0 Å². The van der Waals surface area contributed by atoms with Gasteiger partial charge in [0.1, 0.15) is 0 Å². The second-order valence-electron chi connectivity index (χ2n) is 3.20. The van der Waals surface area contributed by atoms with Crippen LogP contribution in [-0.2, 0) is 0 Å². The van der Waals surface area contributed by atoms with Crippen molar-refractivity contribution < 1.29 is 0 Å². The van der Waals surface area contributed by atoms with Crippen LogP contribution in [0.5, 0.6) is 0 Å². The number of halogens is 1. The molecule has 0 bridgehead atoms. The first-order valence-corrected chi connectivity index (χ1v) is 6.72. The van der Waals surface area contributed by atoms with E-state index in [9.17, 15) is 0 Å². The van der Waals surface area contributed by atoms with Crippen molar-refractivity contribution in [2.45, 2.75) is 43.5 Å². The van der Waals surface area contributed by atoms with Gasteiger partial charge in [-0.3, -0.25) is 0 Å². The maximum atomic E-state index is 2.43. The molecule has 1 heteroatoms. The average Bonchev–Trinajstić information content (AvgIpc) is 1.95. The minimum absolute atomic E-state index is 0.462. The van der Waals surface area contributed by atoms with Gasteiger partial charge in [0.15, 0.2) is 0 Å². The Bertz CT molecular complexity index is 110. The summed E-state index contributed by atoms with van der Waals surface area (Å²) in [6, 6.07) is 0. The summed E-state index contributed by atoms with van der Waals surface area (Å²) in [7, 11) is 0. The highest BCUT2D eigenvalue weighted by molar-refractivity contribution is 14.2. The van der Waals surface area contributed by atoms with Gasteiger partial charge in [-0.15, -0.1) is 20.7 Å². The summed E-state index contributed by atoms with van der Waals surface area (Å²) < 4.78 is 3.57. The molecule has 10 heavy (non-hydrogen) atoms. The van der Waals surface area contributed by atoms with Gasteiger partial charge in [-0.1, -0.05) is 10.9 Å². The molecule has 0 unspecified atom stereocenters. The lowest BCUT2D eigenvalue weighted by molar-refractivity contribution is 0.400. The third kappa shape index (κ3) is 2.69. The highest BCUT2D eigenvalue weighted by Crippen LogP contribution is 2.30. The molecule has 0 amide bonds. The Kier molecular flexibility index (Phi) is 3.89. The topological polar surface area (TPSA) is 0 Å². The van der Waals surface area contributed by atoms with Crippen molar-refractivity contribution >= 4 is 24.7 Å². The number of hydrogen-bond donors (Lipinski definition) is 0. The van der Waals surface area contributed by atoms with Gasteiger partial charge in [0.2, 0.25) is 0 Å². The molecule has 0 aromatic heterocycles. The molecule has 1 rings (SSSR count). The van der Waals surface area contributed by atoms with Crippen LogP contribution < -0.4 is 0 Å². The molecule has 1 aliphatic carbocycles. The molecule has 0 spiro atoms. The monoisotopic (exact) mass is 252 g/mol. The zero-order valence-electron chi connectivity index (χ0n) is 6.94. The molecular weight excluding hydrogens is 235 g/mol. The van der Waals surface area contributed by atoms with E-state index in [2.05, 4.69) is 17.9 Å². The van der Waals surface area contributed by atoms with Gasteiger partial charge >= 0.3 is 0 Å². The van der Waals surface area contributed by atoms with Crippen LogP contribution in [-0.4, -0.2) is 7.94 Å². The van der Waals surface area contributed by atoms with Gasteiger partial charge in [-0.05, 0) is 38.5 Å². The molecule has 1 aliphatic rings. The Hall–Kier alpha value is 0.600. The normalized spacial score (nSPS) is 35.8. The third-order valence-electron chi connectivity index (χ3n) is 2.25. The van der Waals surface area contributed by atoms with E-state index in [1.54, 1.807) is 0 Å². The van der Waals surface area contributed by atoms with Gasteiger partial charge in [0.05, 0.1) is 0 Å². The van der Waals surface area contributed by atoms with Crippen LogP contribution in [0.1, 0.15) is 39.5 Å². The second kappa shape index (κ2) is 4.47. The Morgan fingerprint density at radius 1 is 1.20 bits per heavy atom. The molecule has 0 aromatic carbocycles. The fourth-order valence-electron chi connectivity index (χ4n) is 1.52. The van der Waals surface area contributed by atoms with Crippen molar-refractivity contribution in [1.82, 2.24) is 0 Å². The summed E-state index contributed by atoms with van der Waals surface area (Å²) in [4.78, 5) is 0. The SMILES string of the molecule is CC=IC1CCC(C)CC1. The first kappa shape index (κ1) is 8.69. The van der Waals surface area contributed by atoms with Gasteiger partial charge in [-0.25, -0.2) is 0 Å². The molecule has 60 valence electrons. The molecule has 0 radical (unpaired) electrons. The average molecular weight is 252 g/mol. The van der Waals surface area contributed by atoms with E-state index in [1.807, 2.05) is 0 Å². The lowest BCUT2D eigenvalue weighted by Gasteiger charge is -2.22. The lowest BCUT2D eigenvalue weighted by atomic mass is 9.91. The standard InChI is InChI=1S/C9H17I/c1-3-10-9-6-4-8(2)5-7-9/h3,8-9H,4-7H2,1-2H3. The van der Waals surface area contributed by atoms with Gasteiger partial charge in [0.25, 0.3) is 0 Å². The third-order valence-corrected chi connectivity index (χ3v) is 5.23. The highest BCUT2D eigenvalue weighted by atomic mass is 127. The van der Waals surface area contributed by atoms with Gasteiger partial charge in [0, 0.05) is 3.92 Å². The van der Waals surface area contributed by atoms with Gasteiger partial charge < -0.3 is 0 Å². The van der Waals surface area contributed by atoms with Crippen LogP contribution in [0.3, 0.4) is 0 Å². The molecule has 0 N–H and O–H groups in total. The molecule has 1 fully saturated rings. The summed E-state index contributed by atoms with van der Waals surface area (Å²) in [5.41, 5.74) is 0. The quantitative estimate of drug-likeness (QED) is 0.496. The molecule has 0 aromatic rings. The summed E-state index contributed by atoms with van der Waals surface area (Å²) >= 11 is 0.462. The fourth-order valence-corrected chi connectivity index (χ4v) is 3.98. The molecule has 0 heterocycles. The lowest BCUT2D eigenvalue weighted by Crippen LogP contribution is -2.11. The van der Waals surface area contributed by atoms with Crippen LogP contribution in [0.15, 0.2) is 0 Å². The maximum Gasteiger partial charge on any atom is 0.00594 e. The van der Waals surface area contributed by atoms with Crippen molar-refractivity contribution in [3.63, 3.8) is 0 Å². The minimum Gasteiger partial charge on any atom is -0.124 e. The molecule has 0 aliphatic heterocycles. The van der Waals surface area contributed by atoms with Crippen molar-refractivity contribution in [2.24, 2.45) is 5.92 Å². The van der Waals surface area contributed by atoms with E-state index >= 15 is 0 Å². The molecular formula is C9H17I. The predicted octanol–water partition coefficient (Wildman–Crippen LogP) is 3.36. The molecule has 0 atom stereocenters. The van der Waals surface area contributed by atoms with E-state index in [0.717, 1.165) is 9.84 Å². The van der Waals surface area contributed by atoms with Gasteiger partial charge in [-0.2, -0.15) is 0 Å². The Morgan fingerprint density at radius 3 is 2.30 bits per heavy atom. The van der Waals surface area contributed by atoms with Crippen molar-refractivity contribution in [1.29, 1.82) is 0 Å². The minimum atomic E-state index is 0.462. The van der Waals surface area contributed by atoms with Crippen molar-refractivity contribution in [3.8, 4) is 0 Å². The maximum absolute atomic E-state index is 2.43. The zero-order valence-corrected chi connectivity index (χ0v) is 9.10. The van der Waals surface area contributed by atoms with E-state index in [0.29, 0.717) is 20.7 Å². The van der Waals surface area contributed by atoms with Crippen LogP contribution in [0.25, 0.3) is 0 Å². The van der Waals surface area contributed by atoms with Crippen LogP contribution in [0.2, 0.25) is 0 Å². The predicted molar refractivity (Wildman–Crippen MR) is 57.2 cm³/mol. The van der Waals surface area contributed by atoms with Crippen molar-refractivity contribution in [3.05, 3.63) is 0 Å². The summed E-state index contributed by atoms with van der Waals surface area (Å²) in [5.74, 6) is 1.03. The summed E-state index contributed by atoms with van der Waals surface area (Å²) in [6.07, 6.45) is 6.05. The molecule has 1 saturated carbocycles. The second-order valence-corrected chi connectivity index (χ2v) is 6.93.